The van der Waals surface area contributed by atoms with Crippen LogP contribution in [0.4, 0.5) is 13.2 Å². The Morgan fingerprint density at radius 1 is 1.26 bits per heavy atom. The van der Waals surface area contributed by atoms with E-state index >= 15 is 0 Å². The highest BCUT2D eigenvalue weighted by Crippen LogP contribution is 2.33. The van der Waals surface area contributed by atoms with E-state index in [0.717, 1.165) is 6.07 Å². The number of benzene rings is 1. The van der Waals surface area contributed by atoms with Gasteiger partial charge >= 0.3 is 12.1 Å². The van der Waals surface area contributed by atoms with Crippen molar-refractivity contribution in [3.05, 3.63) is 65.5 Å². The van der Waals surface area contributed by atoms with E-state index in [4.69, 9.17) is 0 Å². The molecule has 1 aromatic carbocycles. The Hall–Kier alpha value is -2.41. The largest absolute Gasteiger partial charge is 0.480 e. The Labute approximate surface area is 131 Å². The number of rotatable bonds is 5. The molecule has 1 N–H and O–H groups in total. The number of nitrogens with zero attached hydrogens (tertiary/aromatic N) is 2. The summed E-state index contributed by atoms with van der Waals surface area (Å²) in [7, 11) is 1.47. The maximum atomic E-state index is 13.0. The number of aromatic nitrogens is 1. The Kier molecular flexibility index (Phi) is 5.00. The molecule has 1 aromatic heterocycles. The first-order chi connectivity index (χ1) is 10.8. The van der Waals surface area contributed by atoms with E-state index in [9.17, 15) is 23.1 Å². The Morgan fingerprint density at radius 2 is 1.96 bits per heavy atom. The molecule has 0 fully saturated rings. The van der Waals surface area contributed by atoms with Gasteiger partial charge in [0.05, 0.1) is 5.56 Å². The normalized spacial score (nSPS) is 13.1. The van der Waals surface area contributed by atoms with Gasteiger partial charge in [-0.3, -0.25) is 14.7 Å². The van der Waals surface area contributed by atoms with Crippen molar-refractivity contribution < 1.29 is 23.1 Å². The highest BCUT2D eigenvalue weighted by atomic mass is 19.4. The second kappa shape index (κ2) is 6.78. The molecule has 1 unspecified atom stereocenters. The fourth-order valence-electron chi connectivity index (χ4n) is 2.42. The lowest BCUT2D eigenvalue weighted by Gasteiger charge is -2.26. The minimum Gasteiger partial charge on any atom is -0.480 e. The van der Waals surface area contributed by atoms with E-state index in [2.05, 4.69) is 4.98 Å². The van der Waals surface area contributed by atoms with E-state index in [0.29, 0.717) is 5.56 Å². The van der Waals surface area contributed by atoms with Crippen LogP contribution >= 0.6 is 0 Å². The number of aliphatic carboxylic acids is 1. The Morgan fingerprint density at radius 3 is 2.52 bits per heavy atom. The molecule has 0 radical (unpaired) electrons. The predicted molar refractivity (Wildman–Crippen MR) is 77.5 cm³/mol. The molecule has 0 saturated heterocycles. The molecule has 7 heteroatoms. The maximum absolute atomic E-state index is 13.0. The van der Waals surface area contributed by atoms with Crippen LogP contribution in [0.25, 0.3) is 0 Å². The third-order valence-corrected chi connectivity index (χ3v) is 3.42. The summed E-state index contributed by atoms with van der Waals surface area (Å²) in [6, 6.07) is 7.23. The van der Waals surface area contributed by atoms with Crippen molar-refractivity contribution in [2.24, 2.45) is 0 Å². The number of carboxylic acids is 1. The first kappa shape index (κ1) is 17.0. The standard InChI is InChI=1S/C16H15F3N2O2/c1-21(14(15(22)23)11-6-4-8-20-9-11)10-12-5-2-3-7-13(12)16(17,18)19/h2-9,14H,10H2,1H3,(H,22,23). The fraction of sp³-hybridized carbons (Fsp3) is 0.250. The van der Waals surface area contributed by atoms with Crippen molar-refractivity contribution in [2.75, 3.05) is 7.05 Å². The maximum Gasteiger partial charge on any atom is 0.416 e. The number of carboxylic acid groups (broad SMARTS) is 1. The van der Waals surface area contributed by atoms with Gasteiger partial charge in [0.25, 0.3) is 0 Å². The smallest absolute Gasteiger partial charge is 0.416 e. The van der Waals surface area contributed by atoms with E-state index in [1.54, 1.807) is 12.1 Å². The number of halogens is 3. The number of pyridine rings is 1. The summed E-state index contributed by atoms with van der Waals surface area (Å²) in [6.07, 6.45) is -1.59. The fourth-order valence-corrected chi connectivity index (χ4v) is 2.42. The molecule has 0 aliphatic heterocycles. The molecule has 122 valence electrons. The zero-order valence-corrected chi connectivity index (χ0v) is 12.3. The van der Waals surface area contributed by atoms with Gasteiger partial charge in [0.15, 0.2) is 0 Å². The average Bonchev–Trinajstić information content (AvgIpc) is 2.47. The lowest BCUT2D eigenvalue weighted by atomic mass is 10.0. The van der Waals surface area contributed by atoms with Gasteiger partial charge in [-0.25, -0.2) is 0 Å². The second-order valence-corrected chi connectivity index (χ2v) is 5.10. The molecule has 1 heterocycles. The molecular weight excluding hydrogens is 309 g/mol. The van der Waals surface area contributed by atoms with E-state index in [1.807, 2.05) is 0 Å². The summed E-state index contributed by atoms with van der Waals surface area (Å²) in [5.74, 6) is -1.15. The van der Waals surface area contributed by atoms with Crippen molar-refractivity contribution >= 4 is 5.97 Å². The third kappa shape index (κ3) is 4.07. The van der Waals surface area contributed by atoms with Crippen LogP contribution in [0.1, 0.15) is 22.7 Å². The zero-order valence-electron chi connectivity index (χ0n) is 12.3. The second-order valence-electron chi connectivity index (χ2n) is 5.10. The molecule has 4 nitrogen and oxygen atoms in total. The van der Waals surface area contributed by atoms with Crippen LogP contribution in [0.5, 0.6) is 0 Å². The van der Waals surface area contributed by atoms with Crippen molar-refractivity contribution in [3.63, 3.8) is 0 Å². The number of carbonyl (C=O) groups is 1. The molecule has 23 heavy (non-hydrogen) atoms. The van der Waals surface area contributed by atoms with Crippen molar-refractivity contribution in [3.8, 4) is 0 Å². The molecule has 0 bridgehead atoms. The highest BCUT2D eigenvalue weighted by Gasteiger charge is 2.34. The minimum atomic E-state index is -4.48. The van der Waals surface area contributed by atoms with Crippen molar-refractivity contribution in [2.45, 2.75) is 18.8 Å². The van der Waals surface area contributed by atoms with Gasteiger partial charge in [-0.15, -0.1) is 0 Å². The van der Waals surface area contributed by atoms with Crippen LogP contribution in [0, 0.1) is 0 Å². The predicted octanol–water partition coefficient (Wildman–Crippen LogP) is 3.36. The van der Waals surface area contributed by atoms with Gasteiger partial charge in [0.1, 0.15) is 6.04 Å². The van der Waals surface area contributed by atoms with Crippen LogP contribution in [0.2, 0.25) is 0 Å². The van der Waals surface area contributed by atoms with Crippen LogP contribution in [0.3, 0.4) is 0 Å². The summed E-state index contributed by atoms with van der Waals surface area (Å²) in [5, 5.41) is 9.41. The molecular formula is C16H15F3N2O2. The Balaban J connectivity index is 2.30. The van der Waals surface area contributed by atoms with Gasteiger partial charge < -0.3 is 5.11 Å². The first-order valence-corrected chi connectivity index (χ1v) is 6.78. The van der Waals surface area contributed by atoms with Gasteiger partial charge in [-0.1, -0.05) is 24.3 Å². The van der Waals surface area contributed by atoms with Crippen molar-refractivity contribution in [1.29, 1.82) is 0 Å². The van der Waals surface area contributed by atoms with E-state index in [-0.39, 0.29) is 12.1 Å². The van der Waals surface area contributed by atoms with Gasteiger partial charge in [-0.05, 0) is 30.3 Å². The molecule has 0 saturated carbocycles. The molecule has 2 aromatic rings. The number of hydrogen-bond acceptors (Lipinski definition) is 3. The highest BCUT2D eigenvalue weighted by molar-refractivity contribution is 5.75. The van der Waals surface area contributed by atoms with Gasteiger partial charge in [0.2, 0.25) is 0 Å². The molecule has 0 spiro atoms. The molecule has 0 amide bonds. The Bertz CT molecular complexity index is 675. The summed E-state index contributed by atoms with van der Waals surface area (Å²) >= 11 is 0. The lowest BCUT2D eigenvalue weighted by molar-refractivity contribution is -0.143. The first-order valence-electron chi connectivity index (χ1n) is 6.78. The summed E-state index contributed by atoms with van der Waals surface area (Å²) < 4.78 is 39.1. The summed E-state index contributed by atoms with van der Waals surface area (Å²) in [6.45, 7) is -0.151. The van der Waals surface area contributed by atoms with E-state index < -0.39 is 23.8 Å². The molecule has 0 aliphatic rings. The number of likely N-dealkylation sites (N-methyl/N-ethyl adjacent to an activating group) is 1. The van der Waals surface area contributed by atoms with Crippen LogP contribution < -0.4 is 0 Å². The minimum absolute atomic E-state index is 0.0256. The molecule has 1 atom stereocenters. The summed E-state index contributed by atoms with van der Waals surface area (Å²) in [4.78, 5) is 16.7. The topological polar surface area (TPSA) is 53.4 Å². The zero-order chi connectivity index (χ0) is 17.0. The average molecular weight is 324 g/mol. The van der Waals surface area contributed by atoms with Gasteiger partial charge in [0, 0.05) is 18.9 Å². The summed E-state index contributed by atoms with van der Waals surface area (Å²) in [5.41, 5.74) is -0.327. The SMILES string of the molecule is CN(Cc1ccccc1C(F)(F)F)C(C(=O)O)c1cccnc1. The lowest BCUT2D eigenvalue weighted by Crippen LogP contribution is -2.31. The quantitative estimate of drug-likeness (QED) is 0.916. The molecule has 0 aliphatic carbocycles. The third-order valence-electron chi connectivity index (χ3n) is 3.42. The van der Waals surface area contributed by atoms with Crippen molar-refractivity contribution in [1.82, 2.24) is 9.88 Å². The van der Waals surface area contributed by atoms with Crippen LogP contribution in [0.15, 0.2) is 48.8 Å². The van der Waals surface area contributed by atoms with E-state index in [1.165, 1.54) is 42.5 Å². The number of hydrogen-bond donors (Lipinski definition) is 1. The van der Waals surface area contributed by atoms with Crippen LogP contribution in [-0.4, -0.2) is 28.0 Å². The monoisotopic (exact) mass is 324 g/mol. The van der Waals surface area contributed by atoms with Crippen LogP contribution in [-0.2, 0) is 17.5 Å². The molecule has 2 rings (SSSR count). The number of alkyl halides is 3. The van der Waals surface area contributed by atoms with Gasteiger partial charge in [-0.2, -0.15) is 13.2 Å².